The van der Waals surface area contributed by atoms with Gasteiger partial charge in [-0.3, -0.25) is 4.79 Å². The van der Waals surface area contributed by atoms with Gasteiger partial charge in [-0.25, -0.2) is 0 Å². The zero-order valence-corrected chi connectivity index (χ0v) is 12.5. The van der Waals surface area contributed by atoms with Gasteiger partial charge in [-0.2, -0.15) is 5.26 Å². The highest BCUT2D eigenvalue weighted by Crippen LogP contribution is 2.56. The molecule has 5 heteroatoms. The minimum Gasteiger partial charge on any atom is -0.390 e. The van der Waals surface area contributed by atoms with E-state index >= 15 is 0 Å². The van der Waals surface area contributed by atoms with Crippen LogP contribution in [0.5, 0.6) is 0 Å². The van der Waals surface area contributed by atoms with Crippen molar-refractivity contribution in [3.8, 4) is 6.07 Å². The summed E-state index contributed by atoms with van der Waals surface area (Å²) < 4.78 is 0. The second-order valence-electron chi connectivity index (χ2n) is 6.66. The van der Waals surface area contributed by atoms with Crippen LogP contribution in [0.2, 0.25) is 0 Å². The first-order chi connectivity index (χ1) is 9.38. The summed E-state index contributed by atoms with van der Waals surface area (Å²) in [7, 11) is 0. The van der Waals surface area contributed by atoms with Crippen LogP contribution in [0.1, 0.15) is 53.4 Å². The first-order valence-electron chi connectivity index (χ1n) is 6.99. The summed E-state index contributed by atoms with van der Waals surface area (Å²) in [6.45, 7) is 2.26. The van der Waals surface area contributed by atoms with Gasteiger partial charge in [0.05, 0.1) is 22.0 Å². The molecule has 1 atom stereocenters. The Kier molecular flexibility index (Phi) is 2.84. The van der Waals surface area contributed by atoms with Gasteiger partial charge < -0.3 is 11.5 Å². The summed E-state index contributed by atoms with van der Waals surface area (Å²) in [5.41, 5.74) is 12.9. The third-order valence-corrected chi connectivity index (χ3v) is 5.88. The molecule has 1 aromatic rings. The number of nitrogens with two attached hydrogens (primary N) is 2. The van der Waals surface area contributed by atoms with Crippen molar-refractivity contribution in [3.63, 3.8) is 0 Å². The Bertz CT molecular complexity index is 624. The molecule has 2 aliphatic carbocycles. The van der Waals surface area contributed by atoms with Crippen LogP contribution >= 0.6 is 11.3 Å². The Morgan fingerprint density at radius 1 is 1.45 bits per heavy atom. The molecule has 3 rings (SSSR count). The molecule has 1 heterocycles. The lowest BCUT2D eigenvalue weighted by Gasteiger charge is -2.33. The van der Waals surface area contributed by atoms with E-state index in [4.69, 9.17) is 11.5 Å². The highest BCUT2D eigenvalue weighted by Gasteiger charge is 2.47. The molecule has 0 radical (unpaired) electrons. The molecular weight excluding hydrogens is 270 g/mol. The predicted octanol–water partition coefficient (Wildman–Crippen LogP) is 2.62. The summed E-state index contributed by atoms with van der Waals surface area (Å²) >= 11 is 1.44. The number of hydrogen-bond donors (Lipinski definition) is 2. The van der Waals surface area contributed by atoms with Crippen molar-refractivity contribution in [3.05, 3.63) is 16.0 Å². The van der Waals surface area contributed by atoms with Gasteiger partial charge in [0.2, 0.25) is 0 Å². The third-order valence-electron chi connectivity index (χ3n) is 4.82. The molecule has 0 bridgehead atoms. The Labute approximate surface area is 122 Å². The van der Waals surface area contributed by atoms with E-state index in [1.165, 1.54) is 24.2 Å². The molecule has 2 aliphatic rings. The lowest BCUT2D eigenvalue weighted by atomic mass is 9.69. The Balaban J connectivity index is 1.93. The van der Waals surface area contributed by atoms with Crippen LogP contribution in [0.15, 0.2) is 0 Å². The molecule has 0 aromatic carbocycles. The summed E-state index contributed by atoms with van der Waals surface area (Å²) in [6.07, 6.45) is 5.68. The topological polar surface area (TPSA) is 92.9 Å². The van der Waals surface area contributed by atoms with Crippen LogP contribution in [0, 0.1) is 22.2 Å². The zero-order valence-electron chi connectivity index (χ0n) is 11.7. The fourth-order valence-electron chi connectivity index (χ4n) is 3.46. The lowest BCUT2D eigenvalue weighted by Crippen LogP contribution is -2.30. The number of nitrogen functional groups attached to an aromatic ring is 1. The van der Waals surface area contributed by atoms with Crippen LogP contribution in [0.3, 0.4) is 0 Å². The molecule has 1 unspecified atom stereocenters. The molecule has 106 valence electrons. The fraction of sp³-hybridized carbons (Fsp3) is 0.600. The molecule has 0 aliphatic heterocycles. The number of fused-ring (bicyclic) bond motifs is 1. The van der Waals surface area contributed by atoms with Crippen molar-refractivity contribution in [2.45, 2.75) is 45.4 Å². The van der Waals surface area contributed by atoms with E-state index in [-0.39, 0.29) is 5.41 Å². The number of carbonyl (C=O) groups is 1. The van der Waals surface area contributed by atoms with Gasteiger partial charge in [0, 0.05) is 11.3 Å². The average Bonchev–Trinajstić information content (AvgIpc) is 2.99. The molecule has 1 fully saturated rings. The normalized spacial score (nSPS) is 26.6. The van der Waals surface area contributed by atoms with E-state index in [9.17, 15) is 10.1 Å². The van der Waals surface area contributed by atoms with Gasteiger partial charge in [0.1, 0.15) is 0 Å². The van der Waals surface area contributed by atoms with E-state index in [2.05, 4.69) is 13.0 Å². The second kappa shape index (κ2) is 4.23. The van der Waals surface area contributed by atoms with Gasteiger partial charge in [-0.1, -0.05) is 6.92 Å². The molecule has 20 heavy (non-hydrogen) atoms. The summed E-state index contributed by atoms with van der Waals surface area (Å²) in [6, 6.07) is 2.56. The fourth-order valence-corrected chi connectivity index (χ4v) is 4.73. The van der Waals surface area contributed by atoms with Crippen LogP contribution in [-0.4, -0.2) is 5.91 Å². The quantitative estimate of drug-likeness (QED) is 0.895. The Morgan fingerprint density at radius 2 is 2.15 bits per heavy atom. The monoisotopic (exact) mass is 289 g/mol. The van der Waals surface area contributed by atoms with Crippen molar-refractivity contribution in [1.82, 2.24) is 0 Å². The largest absolute Gasteiger partial charge is 0.390 e. The zero-order chi connectivity index (χ0) is 14.5. The Morgan fingerprint density at radius 3 is 2.70 bits per heavy atom. The highest BCUT2D eigenvalue weighted by atomic mass is 32.1. The first kappa shape index (κ1) is 13.4. The SMILES string of the molecule is CC1(CC2(C#N)CCc3c(sc(N)c3C(N)=O)C2)CC1. The molecular formula is C15H19N3OS. The van der Waals surface area contributed by atoms with Crippen LogP contribution in [-0.2, 0) is 12.8 Å². The number of amides is 1. The third kappa shape index (κ3) is 2.08. The van der Waals surface area contributed by atoms with Crippen molar-refractivity contribution < 1.29 is 4.79 Å². The number of rotatable bonds is 3. The van der Waals surface area contributed by atoms with E-state index in [0.29, 0.717) is 16.0 Å². The summed E-state index contributed by atoms with van der Waals surface area (Å²) in [4.78, 5) is 12.6. The van der Waals surface area contributed by atoms with E-state index < -0.39 is 5.91 Å². The van der Waals surface area contributed by atoms with Gasteiger partial charge >= 0.3 is 0 Å². The van der Waals surface area contributed by atoms with E-state index in [1.54, 1.807) is 0 Å². The maximum atomic E-state index is 11.5. The smallest absolute Gasteiger partial charge is 0.251 e. The molecule has 4 N–H and O–H groups in total. The number of primary amides is 1. The predicted molar refractivity (Wildman–Crippen MR) is 79.3 cm³/mol. The van der Waals surface area contributed by atoms with Gasteiger partial charge in [0.15, 0.2) is 0 Å². The number of carbonyl (C=O) groups excluding carboxylic acids is 1. The number of thiophene rings is 1. The maximum Gasteiger partial charge on any atom is 0.251 e. The van der Waals surface area contributed by atoms with E-state index in [0.717, 1.165) is 36.1 Å². The second-order valence-corrected chi connectivity index (χ2v) is 7.80. The minimum absolute atomic E-state index is 0.287. The first-order valence-corrected chi connectivity index (χ1v) is 7.81. The molecule has 1 amide bonds. The molecule has 0 saturated heterocycles. The molecule has 4 nitrogen and oxygen atoms in total. The summed E-state index contributed by atoms with van der Waals surface area (Å²) in [5.74, 6) is -0.446. The minimum atomic E-state index is -0.446. The van der Waals surface area contributed by atoms with E-state index in [1.807, 2.05) is 0 Å². The standard InChI is InChI=1S/C15H19N3OS/c1-14(4-5-14)7-15(8-16)3-2-9-10(6-15)20-13(18)11(9)12(17)19/h2-7,18H2,1H3,(H2,17,19). The average molecular weight is 289 g/mol. The van der Waals surface area contributed by atoms with Gasteiger partial charge in [0.25, 0.3) is 5.91 Å². The lowest BCUT2D eigenvalue weighted by molar-refractivity contribution is 0.1000. The maximum absolute atomic E-state index is 11.5. The molecule has 1 saturated carbocycles. The number of nitrogens with zero attached hydrogens (tertiary/aromatic N) is 1. The van der Waals surface area contributed by atoms with Crippen molar-refractivity contribution in [1.29, 1.82) is 5.26 Å². The number of anilines is 1. The highest BCUT2D eigenvalue weighted by molar-refractivity contribution is 7.16. The van der Waals surface area contributed by atoms with Gasteiger partial charge in [-0.05, 0) is 43.1 Å². The van der Waals surface area contributed by atoms with Crippen LogP contribution in [0.25, 0.3) is 0 Å². The number of nitriles is 1. The Hall–Kier alpha value is -1.54. The molecule has 1 aromatic heterocycles. The van der Waals surface area contributed by atoms with Crippen molar-refractivity contribution in [2.75, 3.05) is 5.73 Å². The number of hydrogen-bond acceptors (Lipinski definition) is 4. The van der Waals surface area contributed by atoms with Crippen molar-refractivity contribution >= 4 is 22.2 Å². The van der Waals surface area contributed by atoms with Gasteiger partial charge in [-0.15, -0.1) is 11.3 Å². The van der Waals surface area contributed by atoms with Crippen LogP contribution < -0.4 is 11.5 Å². The van der Waals surface area contributed by atoms with Crippen LogP contribution in [0.4, 0.5) is 5.00 Å². The molecule has 0 spiro atoms. The summed E-state index contributed by atoms with van der Waals surface area (Å²) in [5, 5.41) is 10.2. The van der Waals surface area contributed by atoms with Crippen molar-refractivity contribution in [2.24, 2.45) is 16.6 Å².